The van der Waals surface area contributed by atoms with Crippen molar-refractivity contribution in [2.75, 3.05) is 0 Å². The van der Waals surface area contributed by atoms with Crippen molar-refractivity contribution in [2.45, 2.75) is 64.8 Å². The molecule has 0 heterocycles. The minimum Gasteiger partial charge on any atom is -0.481 e. The second-order valence-electron chi connectivity index (χ2n) is 6.05. The number of carbonyl (C=O) groups is 1. The van der Waals surface area contributed by atoms with Crippen molar-refractivity contribution in [1.29, 1.82) is 0 Å². The number of rotatable bonds is 4. The maximum absolute atomic E-state index is 10.5. The summed E-state index contributed by atoms with van der Waals surface area (Å²) in [5, 5.41) is 8.60. The molecule has 22 heavy (non-hydrogen) atoms. The van der Waals surface area contributed by atoms with Crippen LogP contribution in [0.4, 0.5) is 0 Å². The predicted octanol–water partition coefficient (Wildman–Crippen LogP) is 4.40. The van der Waals surface area contributed by atoms with Crippen LogP contribution in [0.5, 0.6) is 0 Å². The molecule has 1 aliphatic rings. The molecule has 1 fully saturated rings. The van der Waals surface area contributed by atoms with E-state index >= 15 is 0 Å². The molecular weight excluding hydrogens is 274 g/mol. The SMILES string of the molecule is CCc1ccc(/C=C(\C)CC(=O)O)cc1.NC1CCCCC1. The Labute approximate surface area is 134 Å². The smallest absolute Gasteiger partial charge is 0.307 e. The second kappa shape index (κ2) is 10.2. The van der Waals surface area contributed by atoms with Crippen molar-refractivity contribution in [3.63, 3.8) is 0 Å². The van der Waals surface area contributed by atoms with Crippen molar-refractivity contribution in [1.82, 2.24) is 0 Å². The highest BCUT2D eigenvalue weighted by atomic mass is 16.4. The summed E-state index contributed by atoms with van der Waals surface area (Å²) in [6.07, 6.45) is 9.71. The molecule has 0 aromatic heterocycles. The number of aliphatic carboxylic acids is 1. The molecule has 0 spiro atoms. The molecule has 0 unspecified atom stereocenters. The minimum absolute atomic E-state index is 0.107. The largest absolute Gasteiger partial charge is 0.481 e. The monoisotopic (exact) mass is 303 g/mol. The van der Waals surface area contributed by atoms with Crippen LogP contribution in [0, 0.1) is 0 Å². The van der Waals surface area contributed by atoms with E-state index in [1.165, 1.54) is 37.7 Å². The number of hydrogen-bond acceptors (Lipinski definition) is 2. The van der Waals surface area contributed by atoms with Gasteiger partial charge in [-0.05, 0) is 37.3 Å². The molecule has 3 heteroatoms. The summed E-state index contributed by atoms with van der Waals surface area (Å²) >= 11 is 0. The van der Waals surface area contributed by atoms with Gasteiger partial charge in [-0.2, -0.15) is 0 Å². The second-order valence-corrected chi connectivity index (χ2v) is 6.05. The van der Waals surface area contributed by atoms with Gasteiger partial charge in [0.1, 0.15) is 0 Å². The Morgan fingerprint density at radius 3 is 2.23 bits per heavy atom. The summed E-state index contributed by atoms with van der Waals surface area (Å²) in [5.41, 5.74) is 8.86. The maximum atomic E-state index is 10.5. The molecule has 1 aromatic carbocycles. The molecule has 0 amide bonds. The van der Waals surface area contributed by atoms with Gasteiger partial charge in [-0.25, -0.2) is 0 Å². The molecule has 0 radical (unpaired) electrons. The summed E-state index contributed by atoms with van der Waals surface area (Å²) in [6.45, 7) is 3.95. The van der Waals surface area contributed by atoms with Crippen molar-refractivity contribution in [3.05, 3.63) is 41.0 Å². The van der Waals surface area contributed by atoms with Gasteiger partial charge in [0.2, 0.25) is 0 Å². The standard InChI is InChI=1S/C13H16O2.C6H13N/c1-3-11-4-6-12(7-5-11)8-10(2)9-13(14)15;7-6-4-2-1-3-5-6/h4-8H,3,9H2,1-2H3,(H,14,15);6H,1-5,7H2/b10-8+;. The topological polar surface area (TPSA) is 63.3 Å². The predicted molar refractivity (Wildman–Crippen MR) is 92.8 cm³/mol. The number of carboxylic acid groups (broad SMARTS) is 1. The molecule has 0 atom stereocenters. The van der Waals surface area contributed by atoms with E-state index < -0.39 is 5.97 Å². The van der Waals surface area contributed by atoms with Crippen LogP contribution >= 0.6 is 0 Å². The van der Waals surface area contributed by atoms with E-state index in [1.807, 2.05) is 25.1 Å². The number of carboxylic acids is 1. The third kappa shape index (κ3) is 7.99. The van der Waals surface area contributed by atoms with E-state index in [0.29, 0.717) is 6.04 Å². The Morgan fingerprint density at radius 2 is 1.82 bits per heavy atom. The van der Waals surface area contributed by atoms with Gasteiger partial charge < -0.3 is 10.8 Å². The highest BCUT2D eigenvalue weighted by Crippen LogP contribution is 2.14. The molecule has 122 valence electrons. The fourth-order valence-electron chi connectivity index (χ4n) is 2.56. The first-order chi connectivity index (χ1) is 10.5. The van der Waals surface area contributed by atoms with Crippen molar-refractivity contribution >= 4 is 12.0 Å². The van der Waals surface area contributed by atoms with E-state index in [-0.39, 0.29) is 6.42 Å². The van der Waals surface area contributed by atoms with E-state index in [9.17, 15) is 4.79 Å². The van der Waals surface area contributed by atoms with Crippen LogP contribution < -0.4 is 5.73 Å². The lowest BCUT2D eigenvalue weighted by Crippen LogP contribution is -2.22. The average Bonchev–Trinajstić information content (AvgIpc) is 2.48. The number of aryl methyl sites for hydroxylation is 1. The summed E-state index contributed by atoms with van der Waals surface area (Å²) in [7, 11) is 0. The van der Waals surface area contributed by atoms with Crippen LogP contribution in [0.25, 0.3) is 6.08 Å². The van der Waals surface area contributed by atoms with Gasteiger partial charge in [-0.3, -0.25) is 4.79 Å². The molecule has 2 rings (SSSR count). The zero-order valence-electron chi connectivity index (χ0n) is 13.8. The number of hydrogen-bond donors (Lipinski definition) is 2. The van der Waals surface area contributed by atoms with E-state index in [0.717, 1.165) is 17.6 Å². The van der Waals surface area contributed by atoms with Crippen LogP contribution in [0.2, 0.25) is 0 Å². The normalized spacial score (nSPS) is 15.9. The first-order valence-electron chi connectivity index (χ1n) is 8.24. The van der Waals surface area contributed by atoms with Crippen molar-refractivity contribution in [2.24, 2.45) is 5.73 Å². The molecule has 1 saturated carbocycles. The minimum atomic E-state index is -0.783. The lowest BCUT2D eigenvalue weighted by molar-refractivity contribution is -0.136. The van der Waals surface area contributed by atoms with Crippen LogP contribution in [0.15, 0.2) is 29.8 Å². The summed E-state index contributed by atoms with van der Waals surface area (Å²) < 4.78 is 0. The third-order valence-corrected chi connectivity index (χ3v) is 3.88. The maximum Gasteiger partial charge on any atom is 0.307 e. The van der Waals surface area contributed by atoms with Gasteiger partial charge in [0.25, 0.3) is 0 Å². The van der Waals surface area contributed by atoms with Crippen LogP contribution in [-0.4, -0.2) is 17.1 Å². The molecule has 0 bridgehead atoms. The highest BCUT2D eigenvalue weighted by molar-refractivity contribution is 5.72. The quantitative estimate of drug-likeness (QED) is 0.866. The van der Waals surface area contributed by atoms with Crippen molar-refractivity contribution in [3.8, 4) is 0 Å². The fourth-order valence-corrected chi connectivity index (χ4v) is 2.56. The Morgan fingerprint density at radius 1 is 1.23 bits per heavy atom. The molecule has 1 aromatic rings. The van der Waals surface area contributed by atoms with Crippen LogP contribution in [0.3, 0.4) is 0 Å². The zero-order chi connectivity index (χ0) is 16.4. The Balaban J connectivity index is 0.000000287. The third-order valence-electron chi connectivity index (χ3n) is 3.88. The Hall–Kier alpha value is -1.61. The summed E-state index contributed by atoms with van der Waals surface area (Å²) in [6, 6.07) is 8.71. The van der Waals surface area contributed by atoms with Gasteiger partial charge >= 0.3 is 5.97 Å². The zero-order valence-corrected chi connectivity index (χ0v) is 13.8. The summed E-state index contributed by atoms with van der Waals surface area (Å²) in [4.78, 5) is 10.5. The molecular formula is C19H29NO2. The van der Waals surface area contributed by atoms with Gasteiger partial charge in [0.15, 0.2) is 0 Å². The Bertz CT molecular complexity index is 471. The number of benzene rings is 1. The average molecular weight is 303 g/mol. The van der Waals surface area contributed by atoms with Gasteiger partial charge in [0.05, 0.1) is 6.42 Å². The van der Waals surface area contributed by atoms with E-state index in [4.69, 9.17) is 10.8 Å². The molecule has 0 aliphatic heterocycles. The molecule has 3 nitrogen and oxygen atoms in total. The lowest BCUT2D eigenvalue weighted by Gasteiger charge is -2.15. The molecule has 1 aliphatic carbocycles. The van der Waals surface area contributed by atoms with Crippen molar-refractivity contribution < 1.29 is 9.90 Å². The highest BCUT2D eigenvalue weighted by Gasteiger charge is 2.06. The molecule has 0 saturated heterocycles. The number of nitrogens with two attached hydrogens (primary N) is 1. The van der Waals surface area contributed by atoms with Crippen LogP contribution in [0.1, 0.15) is 63.5 Å². The lowest BCUT2D eigenvalue weighted by atomic mass is 9.97. The van der Waals surface area contributed by atoms with Gasteiger partial charge in [-0.1, -0.05) is 62.1 Å². The van der Waals surface area contributed by atoms with Gasteiger partial charge in [-0.15, -0.1) is 0 Å². The van der Waals surface area contributed by atoms with Gasteiger partial charge in [0, 0.05) is 6.04 Å². The fraction of sp³-hybridized carbons (Fsp3) is 0.526. The Kier molecular flexibility index (Phi) is 8.53. The first-order valence-corrected chi connectivity index (χ1v) is 8.24. The van der Waals surface area contributed by atoms with Crippen LogP contribution in [-0.2, 0) is 11.2 Å². The molecule has 3 N–H and O–H groups in total. The van der Waals surface area contributed by atoms with E-state index in [1.54, 1.807) is 0 Å². The summed E-state index contributed by atoms with van der Waals surface area (Å²) in [5.74, 6) is -0.783. The first kappa shape index (κ1) is 18.4. The van der Waals surface area contributed by atoms with E-state index in [2.05, 4.69) is 19.1 Å².